The van der Waals surface area contributed by atoms with Crippen molar-refractivity contribution < 1.29 is 24.2 Å². The lowest BCUT2D eigenvalue weighted by atomic mass is 10.1. The normalized spacial score (nSPS) is 10.3. The molecule has 1 aromatic heterocycles. The molecule has 0 aliphatic rings. The number of aromatic nitrogens is 2. The summed E-state index contributed by atoms with van der Waals surface area (Å²) in [5.41, 5.74) is 1.31. The van der Waals surface area contributed by atoms with Crippen molar-refractivity contribution in [1.82, 2.24) is 9.97 Å². The molecule has 8 nitrogen and oxygen atoms in total. The van der Waals surface area contributed by atoms with E-state index in [0.717, 1.165) is 5.56 Å². The molecule has 148 valence electrons. The first-order valence-corrected chi connectivity index (χ1v) is 8.81. The van der Waals surface area contributed by atoms with Crippen LogP contribution in [0.3, 0.4) is 0 Å². The number of nitrogens with one attached hydrogen (secondary N) is 1. The second-order valence-electron chi connectivity index (χ2n) is 5.89. The van der Waals surface area contributed by atoms with Gasteiger partial charge in [0.2, 0.25) is 0 Å². The van der Waals surface area contributed by atoms with Crippen molar-refractivity contribution in [3.63, 3.8) is 0 Å². The van der Waals surface area contributed by atoms with E-state index >= 15 is 0 Å². The maximum absolute atomic E-state index is 12.3. The van der Waals surface area contributed by atoms with Crippen LogP contribution < -0.4 is 5.32 Å². The fourth-order valence-corrected chi connectivity index (χ4v) is 2.57. The molecule has 8 heteroatoms. The predicted molar refractivity (Wildman–Crippen MR) is 106 cm³/mol. The molecular formula is C21H19N3O5. The van der Waals surface area contributed by atoms with Gasteiger partial charge in [0.15, 0.2) is 5.82 Å². The van der Waals surface area contributed by atoms with E-state index in [0.29, 0.717) is 5.82 Å². The quantitative estimate of drug-likeness (QED) is 0.483. The van der Waals surface area contributed by atoms with Crippen LogP contribution in [0.25, 0.3) is 11.4 Å². The number of aromatic hydroxyl groups is 1. The molecule has 0 aliphatic carbocycles. The summed E-state index contributed by atoms with van der Waals surface area (Å²) in [5, 5.41) is 13.2. The molecule has 2 N–H and O–H groups in total. The van der Waals surface area contributed by atoms with Crippen molar-refractivity contribution in [3.05, 3.63) is 65.9 Å². The number of esters is 2. The van der Waals surface area contributed by atoms with Gasteiger partial charge in [0, 0.05) is 11.8 Å². The Labute approximate surface area is 167 Å². The van der Waals surface area contributed by atoms with Gasteiger partial charge >= 0.3 is 11.9 Å². The lowest BCUT2D eigenvalue weighted by Crippen LogP contribution is -2.11. The maximum Gasteiger partial charge on any atom is 0.343 e. The van der Waals surface area contributed by atoms with E-state index in [9.17, 15) is 14.7 Å². The Hall–Kier alpha value is -3.94. The van der Waals surface area contributed by atoms with Crippen LogP contribution in [0.1, 0.15) is 27.6 Å². The van der Waals surface area contributed by atoms with Crippen LogP contribution in [0.5, 0.6) is 5.75 Å². The molecular weight excluding hydrogens is 374 g/mol. The van der Waals surface area contributed by atoms with E-state index in [-0.39, 0.29) is 35.0 Å². The number of benzene rings is 2. The molecule has 0 unspecified atom stereocenters. The molecule has 0 amide bonds. The highest BCUT2D eigenvalue weighted by atomic mass is 16.5. The molecule has 1 heterocycles. The van der Waals surface area contributed by atoms with Gasteiger partial charge in [0.05, 0.1) is 25.0 Å². The Balaban J connectivity index is 2.01. The molecule has 0 saturated heterocycles. The minimum absolute atomic E-state index is 0.114. The lowest BCUT2D eigenvalue weighted by molar-refractivity contribution is 0.0525. The SMILES string of the molecule is CCOC(=O)c1cnc(-c2ccccc2)nc1Nc1ccc(C(=O)OC)cc1O. The summed E-state index contributed by atoms with van der Waals surface area (Å²) in [6, 6.07) is 13.5. The summed E-state index contributed by atoms with van der Waals surface area (Å²) in [6.45, 7) is 1.89. The Morgan fingerprint density at radius 2 is 1.86 bits per heavy atom. The number of ether oxygens (including phenoxy) is 2. The van der Waals surface area contributed by atoms with Crippen molar-refractivity contribution >= 4 is 23.4 Å². The molecule has 0 spiro atoms. The Morgan fingerprint density at radius 3 is 2.52 bits per heavy atom. The molecule has 3 aromatic rings. The summed E-state index contributed by atoms with van der Waals surface area (Å²) < 4.78 is 9.70. The predicted octanol–water partition coefficient (Wildman–Crippen LogP) is 3.56. The fraction of sp³-hybridized carbons (Fsp3) is 0.143. The molecule has 0 fully saturated rings. The molecule has 0 radical (unpaired) electrons. The number of hydrogen-bond donors (Lipinski definition) is 2. The van der Waals surface area contributed by atoms with Crippen LogP contribution in [0.2, 0.25) is 0 Å². The van der Waals surface area contributed by atoms with Gasteiger partial charge in [-0.15, -0.1) is 0 Å². The highest BCUT2D eigenvalue weighted by Gasteiger charge is 2.18. The molecule has 3 rings (SSSR count). The Morgan fingerprint density at radius 1 is 1.10 bits per heavy atom. The average molecular weight is 393 g/mol. The number of phenols is 1. The molecule has 0 atom stereocenters. The minimum Gasteiger partial charge on any atom is -0.506 e. The van der Waals surface area contributed by atoms with Crippen molar-refractivity contribution in [3.8, 4) is 17.1 Å². The third-order valence-corrected chi connectivity index (χ3v) is 3.99. The second kappa shape index (κ2) is 8.83. The van der Waals surface area contributed by atoms with Crippen LogP contribution in [0.4, 0.5) is 11.5 Å². The molecule has 0 aliphatic heterocycles. The fourth-order valence-electron chi connectivity index (χ4n) is 2.57. The summed E-state index contributed by atoms with van der Waals surface area (Å²) in [7, 11) is 1.25. The van der Waals surface area contributed by atoms with E-state index in [2.05, 4.69) is 20.0 Å². The van der Waals surface area contributed by atoms with Crippen LogP contribution in [0, 0.1) is 0 Å². The summed E-state index contributed by atoms with van der Waals surface area (Å²) in [4.78, 5) is 32.6. The van der Waals surface area contributed by atoms with Crippen LogP contribution in [-0.4, -0.2) is 40.7 Å². The van der Waals surface area contributed by atoms with Gasteiger partial charge in [-0.25, -0.2) is 19.6 Å². The largest absolute Gasteiger partial charge is 0.506 e. The smallest absolute Gasteiger partial charge is 0.343 e. The van der Waals surface area contributed by atoms with E-state index in [1.165, 1.54) is 31.5 Å². The monoisotopic (exact) mass is 393 g/mol. The molecule has 0 bridgehead atoms. The van der Waals surface area contributed by atoms with Gasteiger partial charge in [-0.3, -0.25) is 0 Å². The van der Waals surface area contributed by atoms with Crippen molar-refractivity contribution in [1.29, 1.82) is 0 Å². The standard InChI is InChI=1S/C21H19N3O5/c1-3-29-21(27)15-12-22-18(13-7-5-4-6-8-13)24-19(15)23-16-10-9-14(11-17(16)25)20(26)28-2/h4-12,25H,3H2,1-2H3,(H,22,23,24). The van der Waals surface area contributed by atoms with Gasteiger partial charge in [-0.1, -0.05) is 30.3 Å². The summed E-state index contributed by atoms with van der Waals surface area (Å²) in [5.74, 6) is -0.819. The molecule has 29 heavy (non-hydrogen) atoms. The molecule has 0 saturated carbocycles. The van der Waals surface area contributed by atoms with E-state index < -0.39 is 11.9 Å². The number of phenolic OH excluding ortho intramolecular Hbond substituents is 1. The second-order valence-corrected chi connectivity index (χ2v) is 5.89. The first kappa shape index (κ1) is 19.8. The van der Waals surface area contributed by atoms with Crippen molar-refractivity contribution in [2.45, 2.75) is 6.92 Å². The number of nitrogens with zero attached hydrogens (tertiary/aromatic N) is 2. The Kier molecular flexibility index (Phi) is 6.03. The van der Waals surface area contributed by atoms with Crippen molar-refractivity contribution in [2.24, 2.45) is 0 Å². The average Bonchev–Trinajstić information content (AvgIpc) is 2.75. The zero-order valence-corrected chi connectivity index (χ0v) is 15.9. The van der Waals surface area contributed by atoms with Crippen LogP contribution >= 0.6 is 0 Å². The number of carbonyl (C=O) groups is 2. The number of hydrogen-bond acceptors (Lipinski definition) is 8. The topological polar surface area (TPSA) is 111 Å². The first-order chi connectivity index (χ1) is 14.0. The maximum atomic E-state index is 12.3. The van der Waals surface area contributed by atoms with Gasteiger partial charge in [0.25, 0.3) is 0 Å². The van der Waals surface area contributed by atoms with Crippen LogP contribution in [0.15, 0.2) is 54.7 Å². The van der Waals surface area contributed by atoms with Gasteiger partial charge < -0.3 is 19.9 Å². The van der Waals surface area contributed by atoms with Gasteiger partial charge in [-0.05, 0) is 25.1 Å². The zero-order valence-electron chi connectivity index (χ0n) is 15.9. The third-order valence-electron chi connectivity index (χ3n) is 3.99. The number of rotatable bonds is 6. The molecule has 2 aromatic carbocycles. The van der Waals surface area contributed by atoms with E-state index in [1.54, 1.807) is 6.92 Å². The number of carbonyl (C=O) groups excluding carboxylic acids is 2. The highest BCUT2D eigenvalue weighted by Crippen LogP contribution is 2.30. The first-order valence-electron chi connectivity index (χ1n) is 8.81. The Bertz CT molecular complexity index is 1040. The van der Waals surface area contributed by atoms with Crippen molar-refractivity contribution in [2.75, 3.05) is 19.0 Å². The number of anilines is 2. The van der Waals surface area contributed by atoms with Gasteiger partial charge in [0.1, 0.15) is 17.1 Å². The number of methoxy groups -OCH3 is 1. The van der Waals surface area contributed by atoms with Crippen LogP contribution in [-0.2, 0) is 9.47 Å². The summed E-state index contributed by atoms with van der Waals surface area (Å²) in [6.07, 6.45) is 1.37. The highest BCUT2D eigenvalue weighted by molar-refractivity contribution is 5.96. The lowest BCUT2D eigenvalue weighted by Gasteiger charge is -2.13. The van der Waals surface area contributed by atoms with Gasteiger partial charge in [-0.2, -0.15) is 0 Å². The zero-order chi connectivity index (χ0) is 20.8. The van der Waals surface area contributed by atoms with E-state index in [1.807, 2.05) is 30.3 Å². The minimum atomic E-state index is -0.597. The van der Waals surface area contributed by atoms with E-state index in [4.69, 9.17) is 4.74 Å². The third kappa shape index (κ3) is 4.49. The summed E-state index contributed by atoms with van der Waals surface area (Å²) >= 11 is 0.